The van der Waals surface area contributed by atoms with Crippen LogP contribution in [0.3, 0.4) is 0 Å². The molecule has 5 nitrogen and oxygen atoms in total. The van der Waals surface area contributed by atoms with E-state index in [0.717, 1.165) is 51.0 Å². The fourth-order valence-corrected chi connectivity index (χ4v) is 4.45. The maximum absolute atomic E-state index is 13.8. The number of rotatable bonds is 6. The van der Waals surface area contributed by atoms with E-state index in [9.17, 15) is 9.18 Å². The Morgan fingerprint density at radius 1 is 0.967 bits per heavy atom. The Kier molecular flexibility index (Phi) is 6.84. The second-order valence-electron chi connectivity index (χ2n) is 8.43. The molecule has 2 N–H and O–H groups in total. The fraction of sp³-hybridized carbons (Fsp3) is 0.458. The van der Waals surface area contributed by atoms with Crippen LogP contribution in [0.4, 0.5) is 14.9 Å². The fourth-order valence-electron chi connectivity index (χ4n) is 4.45. The number of urea groups is 1. The number of carbonyl (C=O) groups is 1. The van der Waals surface area contributed by atoms with Gasteiger partial charge in [-0.2, -0.15) is 0 Å². The molecule has 30 heavy (non-hydrogen) atoms. The molecule has 1 atom stereocenters. The minimum Gasteiger partial charge on any atom is -0.371 e. The van der Waals surface area contributed by atoms with Crippen LogP contribution in [-0.4, -0.2) is 49.7 Å². The number of benzene rings is 2. The lowest BCUT2D eigenvalue weighted by Crippen LogP contribution is -2.48. The van der Waals surface area contributed by atoms with E-state index in [1.807, 2.05) is 18.2 Å². The Hall–Kier alpha value is -2.60. The monoisotopic (exact) mass is 410 g/mol. The van der Waals surface area contributed by atoms with Crippen LogP contribution in [0.5, 0.6) is 0 Å². The second kappa shape index (κ2) is 9.94. The standard InChI is InChI=1S/C24H31FN4O/c25-23-9-5-4-6-20(23)18-28-13-11-21(12-14-28)27-24(30)26-16-19-10-15-29(17-19)22-7-2-1-3-8-22/h1-9,19,21H,10-18H2,(H2,26,27,30). The van der Waals surface area contributed by atoms with Crippen LogP contribution >= 0.6 is 0 Å². The number of likely N-dealkylation sites (tertiary alicyclic amines) is 1. The molecule has 0 aromatic heterocycles. The van der Waals surface area contributed by atoms with Crippen LogP contribution in [0.25, 0.3) is 0 Å². The molecule has 6 heteroatoms. The Bertz CT molecular complexity index is 823. The van der Waals surface area contributed by atoms with Crippen molar-refractivity contribution < 1.29 is 9.18 Å². The molecule has 2 aromatic rings. The first-order valence-electron chi connectivity index (χ1n) is 11.0. The summed E-state index contributed by atoms with van der Waals surface area (Å²) in [4.78, 5) is 17.0. The summed E-state index contributed by atoms with van der Waals surface area (Å²) in [6.45, 7) is 5.10. The molecule has 2 saturated heterocycles. The topological polar surface area (TPSA) is 47.6 Å². The maximum Gasteiger partial charge on any atom is 0.315 e. The van der Waals surface area contributed by atoms with Gasteiger partial charge in [-0.1, -0.05) is 36.4 Å². The van der Waals surface area contributed by atoms with E-state index < -0.39 is 0 Å². The number of para-hydroxylation sites is 1. The zero-order valence-electron chi connectivity index (χ0n) is 17.4. The molecule has 2 aliphatic rings. The van der Waals surface area contributed by atoms with Gasteiger partial charge >= 0.3 is 6.03 Å². The van der Waals surface area contributed by atoms with Crippen LogP contribution in [0.15, 0.2) is 54.6 Å². The largest absolute Gasteiger partial charge is 0.371 e. The van der Waals surface area contributed by atoms with E-state index in [0.29, 0.717) is 19.0 Å². The van der Waals surface area contributed by atoms with E-state index in [4.69, 9.17) is 0 Å². The van der Waals surface area contributed by atoms with Gasteiger partial charge in [-0.15, -0.1) is 0 Å². The van der Waals surface area contributed by atoms with Gasteiger partial charge in [0, 0.05) is 56.6 Å². The number of halogens is 1. The van der Waals surface area contributed by atoms with Crippen molar-refractivity contribution in [3.05, 3.63) is 66.0 Å². The molecular weight excluding hydrogens is 379 g/mol. The highest BCUT2D eigenvalue weighted by Crippen LogP contribution is 2.23. The van der Waals surface area contributed by atoms with Crippen molar-refractivity contribution in [3.8, 4) is 0 Å². The van der Waals surface area contributed by atoms with Gasteiger partial charge in [-0.3, -0.25) is 4.90 Å². The van der Waals surface area contributed by atoms with Crippen LogP contribution < -0.4 is 15.5 Å². The normalized spacial score (nSPS) is 20.3. The first kappa shape index (κ1) is 20.7. The summed E-state index contributed by atoms with van der Waals surface area (Å²) in [5.41, 5.74) is 1.99. The summed E-state index contributed by atoms with van der Waals surface area (Å²) in [6, 6.07) is 17.5. The van der Waals surface area contributed by atoms with E-state index in [1.165, 1.54) is 11.8 Å². The highest BCUT2D eigenvalue weighted by molar-refractivity contribution is 5.74. The number of hydrogen-bond donors (Lipinski definition) is 2. The lowest BCUT2D eigenvalue weighted by molar-refractivity contribution is 0.185. The summed E-state index contributed by atoms with van der Waals surface area (Å²) in [7, 11) is 0. The molecule has 2 aliphatic heterocycles. The summed E-state index contributed by atoms with van der Waals surface area (Å²) >= 11 is 0. The molecule has 0 aliphatic carbocycles. The molecule has 0 spiro atoms. The Balaban J connectivity index is 1.14. The van der Waals surface area contributed by atoms with Crippen molar-refractivity contribution in [1.82, 2.24) is 15.5 Å². The molecule has 0 saturated carbocycles. The summed E-state index contributed by atoms with van der Waals surface area (Å²) in [5.74, 6) is 0.341. The van der Waals surface area contributed by atoms with E-state index >= 15 is 0 Å². The number of hydrogen-bond acceptors (Lipinski definition) is 3. The van der Waals surface area contributed by atoms with Crippen LogP contribution in [0, 0.1) is 11.7 Å². The van der Waals surface area contributed by atoms with Crippen molar-refractivity contribution in [2.45, 2.75) is 31.8 Å². The van der Waals surface area contributed by atoms with Gasteiger partial charge in [0.05, 0.1) is 0 Å². The maximum atomic E-state index is 13.8. The summed E-state index contributed by atoms with van der Waals surface area (Å²) in [5, 5.41) is 6.18. The molecule has 0 bridgehead atoms. The first-order valence-corrected chi connectivity index (χ1v) is 11.0. The average molecular weight is 411 g/mol. The molecule has 4 rings (SSSR count). The third-order valence-electron chi connectivity index (χ3n) is 6.23. The minimum absolute atomic E-state index is 0.0688. The Morgan fingerprint density at radius 3 is 2.47 bits per heavy atom. The summed E-state index contributed by atoms with van der Waals surface area (Å²) in [6.07, 6.45) is 2.89. The van der Waals surface area contributed by atoms with Crippen molar-refractivity contribution in [2.75, 3.05) is 37.6 Å². The molecule has 2 fully saturated rings. The Morgan fingerprint density at radius 2 is 1.70 bits per heavy atom. The molecule has 2 amide bonds. The molecule has 160 valence electrons. The highest BCUT2D eigenvalue weighted by atomic mass is 19.1. The number of nitrogens with one attached hydrogen (secondary N) is 2. The molecule has 0 radical (unpaired) electrons. The lowest BCUT2D eigenvalue weighted by Gasteiger charge is -2.32. The quantitative estimate of drug-likeness (QED) is 0.765. The average Bonchev–Trinajstić information content (AvgIpc) is 3.25. The molecule has 2 aromatic carbocycles. The lowest BCUT2D eigenvalue weighted by atomic mass is 10.0. The summed E-state index contributed by atoms with van der Waals surface area (Å²) < 4.78 is 13.8. The zero-order chi connectivity index (χ0) is 20.8. The van der Waals surface area contributed by atoms with Gasteiger partial charge in [-0.05, 0) is 43.4 Å². The van der Waals surface area contributed by atoms with Gasteiger partial charge in [0.15, 0.2) is 0 Å². The first-order chi connectivity index (χ1) is 14.7. The highest BCUT2D eigenvalue weighted by Gasteiger charge is 2.24. The number of nitrogens with zero attached hydrogens (tertiary/aromatic N) is 2. The van der Waals surface area contributed by atoms with E-state index in [1.54, 1.807) is 6.07 Å². The molecule has 1 unspecified atom stereocenters. The molecule has 2 heterocycles. The molecular formula is C24H31FN4O. The van der Waals surface area contributed by atoms with E-state index in [2.05, 4.69) is 44.7 Å². The number of carbonyl (C=O) groups excluding carboxylic acids is 1. The van der Waals surface area contributed by atoms with Gasteiger partial charge in [0.1, 0.15) is 5.82 Å². The van der Waals surface area contributed by atoms with Crippen LogP contribution in [0.1, 0.15) is 24.8 Å². The van der Waals surface area contributed by atoms with Crippen LogP contribution in [0.2, 0.25) is 0 Å². The van der Waals surface area contributed by atoms with Crippen molar-refractivity contribution in [2.24, 2.45) is 5.92 Å². The van der Waals surface area contributed by atoms with Crippen molar-refractivity contribution in [1.29, 1.82) is 0 Å². The van der Waals surface area contributed by atoms with Gasteiger partial charge in [0.25, 0.3) is 0 Å². The third kappa shape index (κ3) is 5.51. The predicted molar refractivity (Wildman–Crippen MR) is 118 cm³/mol. The minimum atomic E-state index is -0.144. The zero-order valence-corrected chi connectivity index (χ0v) is 17.4. The third-order valence-corrected chi connectivity index (χ3v) is 6.23. The van der Waals surface area contributed by atoms with Crippen molar-refractivity contribution >= 4 is 11.7 Å². The van der Waals surface area contributed by atoms with E-state index in [-0.39, 0.29) is 17.9 Å². The van der Waals surface area contributed by atoms with Crippen molar-refractivity contribution in [3.63, 3.8) is 0 Å². The number of anilines is 1. The van der Waals surface area contributed by atoms with Gasteiger partial charge < -0.3 is 15.5 Å². The smallest absolute Gasteiger partial charge is 0.315 e. The second-order valence-corrected chi connectivity index (χ2v) is 8.43. The van der Waals surface area contributed by atoms with Crippen LogP contribution in [-0.2, 0) is 6.54 Å². The Labute approximate surface area is 178 Å². The number of piperidine rings is 1. The van der Waals surface area contributed by atoms with Gasteiger partial charge in [0.2, 0.25) is 0 Å². The SMILES string of the molecule is O=C(NCC1CCN(c2ccccc2)C1)NC1CCN(Cc2ccccc2F)CC1. The number of amides is 2. The van der Waals surface area contributed by atoms with Gasteiger partial charge in [-0.25, -0.2) is 9.18 Å². The predicted octanol–water partition coefficient (Wildman–Crippen LogP) is 3.62.